The monoisotopic (exact) mass is 398 g/mol. The van der Waals surface area contributed by atoms with Gasteiger partial charge >= 0.3 is 5.97 Å². The molecule has 2 aliphatic heterocycles. The van der Waals surface area contributed by atoms with Crippen LogP contribution in [0.25, 0.3) is 0 Å². The molecule has 0 unspecified atom stereocenters. The van der Waals surface area contributed by atoms with Crippen molar-refractivity contribution in [3.63, 3.8) is 0 Å². The number of piperidine rings is 1. The number of methoxy groups -OCH3 is 1. The highest BCUT2D eigenvalue weighted by atomic mass is 32.2. The summed E-state index contributed by atoms with van der Waals surface area (Å²) in [5.41, 5.74) is 5.88. The number of rotatable bonds is 4. The van der Waals surface area contributed by atoms with Gasteiger partial charge in [-0.25, -0.2) is 9.78 Å². The fraction of sp³-hybridized carbons (Fsp3) is 0.688. The number of esters is 1. The van der Waals surface area contributed by atoms with Gasteiger partial charge < -0.3 is 15.4 Å². The number of carbonyl (C=O) groups is 1. The predicted octanol–water partition coefficient (Wildman–Crippen LogP) is 0.0882. The molecule has 0 radical (unpaired) electrons. The number of hydrogen-bond acceptors (Lipinski definition) is 8. The number of carbonyl (C=O) groups excluding carboxylic acids is 1. The molecule has 2 fully saturated rings. The van der Waals surface area contributed by atoms with Crippen LogP contribution in [-0.4, -0.2) is 79.3 Å². The molecule has 2 aliphatic rings. The number of nitrogens with zero attached hydrogens (tertiary/aromatic N) is 5. The molecule has 0 atom stereocenters. The molecule has 0 amide bonds. The number of nitrogens with two attached hydrogens (primary N) is 1. The van der Waals surface area contributed by atoms with Crippen LogP contribution >= 0.6 is 0 Å². The van der Waals surface area contributed by atoms with Crippen LogP contribution in [0, 0.1) is 0 Å². The summed E-state index contributed by atoms with van der Waals surface area (Å²) < 4.78 is 33.6. The van der Waals surface area contributed by atoms with Crippen molar-refractivity contribution in [3.05, 3.63) is 11.8 Å². The quantitative estimate of drug-likeness (QED) is 0.708. The summed E-state index contributed by atoms with van der Waals surface area (Å²) >= 11 is 0. The Bertz CT molecular complexity index is 781. The molecule has 0 spiro atoms. The number of hydrogen-bond donors (Lipinski definition) is 1. The minimum absolute atomic E-state index is 0.0852. The van der Waals surface area contributed by atoms with E-state index in [1.807, 2.05) is 4.90 Å². The molecule has 27 heavy (non-hydrogen) atoms. The van der Waals surface area contributed by atoms with Crippen molar-refractivity contribution in [2.45, 2.75) is 25.7 Å². The second-order valence-corrected chi connectivity index (χ2v) is 8.61. The molecule has 0 saturated carbocycles. The average molecular weight is 398 g/mol. The smallest absolute Gasteiger partial charge is 0.356 e. The lowest BCUT2D eigenvalue weighted by Crippen LogP contribution is -2.47. The van der Waals surface area contributed by atoms with E-state index in [0.717, 1.165) is 19.3 Å². The summed E-state index contributed by atoms with van der Waals surface area (Å²) in [6.07, 6.45) is 3.53. The summed E-state index contributed by atoms with van der Waals surface area (Å²) in [4.78, 5) is 22.0. The number of anilines is 2. The molecule has 150 valence electrons. The number of nitrogen functional groups attached to an aromatic ring is 1. The van der Waals surface area contributed by atoms with Gasteiger partial charge in [-0.1, -0.05) is 6.42 Å². The van der Waals surface area contributed by atoms with E-state index < -0.39 is 16.2 Å². The van der Waals surface area contributed by atoms with Gasteiger partial charge in [-0.3, -0.25) is 0 Å². The number of ether oxygens (including phenoxy) is 1. The largest absolute Gasteiger partial charge is 0.464 e. The zero-order valence-electron chi connectivity index (χ0n) is 15.5. The third kappa shape index (κ3) is 4.47. The van der Waals surface area contributed by atoms with Gasteiger partial charge in [-0.2, -0.15) is 22.0 Å². The van der Waals surface area contributed by atoms with E-state index in [0.29, 0.717) is 51.6 Å². The SMILES string of the molecule is COC(=O)c1cc(N)nc(N2CCCN(S(=O)(=O)N3CCCCC3)CC2)n1. The van der Waals surface area contributed by atoms with Crippen molar-refractivity contribution >= 4 is 27.9 Å². The third-order valence-electron chi connectivity index (χ3n) is 4.83. The Hall–Kier alpha value is -1.98. The topological polar surface area (TPSA) is 122 Å². The van der Waals surface area contributed by atoms with Crippen LogP contribution in [0.4, 0.5) is 11.8 Å². The van der Waals surface area contributed by atoms with Crippen molar-refractivity contribution in [2.75, 3.05) is 57.0 Å². The summed E-state index contributed by atoms with van der Waals surface area (Å²) in [7, 11) is -2.17. The van der Waals surface area contributed by atoms with Crippen LogP contribution in [0.2, 0.25) is 0 Å². The van der Waals surface area contributed by atoms with Gasteiger partial charge in [0.15, 0.2) is 5.69 Å². The normalized spacial score (nSPS) is 20.3. The van der Waals surface area contributed by atoms with Gasteiger partial charge in [0.25, 0.3) is 10.2 Å². The highest BCUT2D eigenvalue weighted by Gasteiger charge is 2.32. The van der Waals surface area contributed by atoms with Gasteiger partial charge in [0.1, 0.15) is 5.82 Å². The standard InChI is InChI=1S/C16H26N6O4S/c1-26-15(23)13-12-14(17)19-16(18-13)20-6-5-9-22(11-10-20)27(24,25)21-7-3-2-4-8-21/h12H,2-11H2,1H3,(H2,17,18,19). The van der Waals surface area contributed by atoms with Gasteiger partial charge in [-0.15, -0.1) is 0 Å². The molecule has 1 aromatic heterocycles. The molecular weight excluding hydrogens is 372 g/mol. The first-order valence-corrected chi connectivity index (χ1v) is 10.5. The van der Waals surface area contributed by atoms with Crippen LogP contribution in [0.3, 0.4) is 0 Å². The third-order valence-corrected chi connectivity index (χ3v) is 6.87. The highest BCUT2D eigenvalue weighted by molar-refractivity contribution is 7.86. The van der Waals surface area contributed by atoms with E-state index in [9.17, 15) is 13.2 Å². The number of aromatic nitrogens is 2. The minimum Gasteiger partial charge on any atom is -0.464 e. The molecule has 3 heterocycles. The van der Waals surface area contributed by atoms with E-state index >= 15 is 0 Å². The predicted molar refractivity (Wildman–Crippen MR) is 101 cm³/mol. The average Bonchev–Trinajstić information content (AvgIpc) is 2.94. The fourth-order valence-corrected chi connectivity index (χ4v) is 5.11. The van der Waals surface area contributed by atoms with Crippen LogP contribution in [0.15, 0.2) is 6.07 Å². The molecule has 3 rings (SSSR count). The first-order chi connectivity index (χ1) is 12.9. The van der Waals surface area contributed by atoms with Crippen LogP contribution in [0.1, 0.15) is 36.2 Å². The summed E-state index contributed by atoms with van der Waals surface area (Å²) in [5, 5.41) is 0. The van der Waals surface area contributed by atoms with Crippen molar-refractivity contribution in [3.8, 4) is 0 Å². The molecule has 2 N–H and O–H groups in total. The lowest BCUT2D eigenvalue weighted by molar-refractivity contribution is 0.0594. The van der Waals surface area contributed by atoms with Gasteiger partial charge in [0.2, 0.25) is 5.95 Å². The van der Waals surface area contributed by atoms with E-state index in [-0.39, 0.29) is 11.5 Å². The maximum Gasteiger partial charge on any atom is 0.356 e. The summed E-state index contributed by atoms with van der Waals surface area (Å²) in [6, 6.07) is 1.36. The molecular formula is C16H26N6O4S. The zero-order chi connectivity index (χ0) is 19.4. The van der Waals surface area contributed by atoms with E-state index in [2.05, 4.69) is 9.97 Å². The maximum atomic E-state index is 12.9. The molecule has 1 aromatic rings. The van der Waals surface area contributed by atoms with Crippen molar-refractivity contribution in [1.29, 1.82) is 0 Å². The van der Waals surface area contributed by atoms with Crippen molar-refractivity contribution < 1.29 is 17.9 Å². The first-order valence-electron chi connectivity index (χ1n) is 9.15. The molecule has 2 saturated heterocycles. The Morgan fingerprint density at radius 3 is 2.37 bits per heavy atom. The van der Waals surface area contributed by atoms with Crippen LogP contribution < -0.4 is 10.6 Å². The fourth-order valence-electron chi connectivity index (χ4n) is 3.39. The summed E-state index contributed by atoms with van der Waals surface area (Å²) in [6.45, 7) is 2.96. The van der Waals surface area contributed by atoms with E-state index in [1.54, 1.807) is 4.31 Å². The summed E-state index contributed by atoms with van der Waals surface area (Å²) in [5.74, 6) is -0.107. The Morgan fingerprint density at radius 1 is 1.00 bits per heavy atom. The molecule has 0 bridgehead atoms. The van der Waals surface area contributed by atoms with Gasteiger partial charge in [-0.05, 0) is 19.3 Å². The van der Waals surface area contributed by atoms with Gasteiger partial charge in [0, 0.05) is 45.3 Å². The molecule has 0 aliphatic carbocycles. The van der Waals surface area contributed by atoms with Crippen molar-refractivity contribution in [2.24, 2.45) is 0 Å². The van der Waals surface area contributed by atoms with Crippen LogP contribution in [0.5, 0.6) is 0 Å². The molecule has 0 aromatic carbocycles. The van der Waals surface area contributed by atoms with E-state index in [4.69, 9.17) is 10.5 Å². The second kappa shape index (κ2) is 8.36. The Labute approximate surface area is 159 Å². The van der Waals surface area contributed by atoms with Gasteiger partial charge in [0.05, 0.1) is 7.11 Å². The Balaban J connectivity index is 1.73. The van der Waals surface area contributed by atoms with E-state index in [1.165, 1.54) is 17.5 Å². The minimum atomic E-state index is -3.45. The molecule has 11 heteroatoms. The first kappa shape index (κ1) is 19.8. The Kier molecular flexibility index (Phi) is 6.12. The Morgan fingerprint density at radius 2 is 1.67 bits per heavy atom. The lowest BCUT2D eigenvalue weighted by Gasteiger charge is -2.31. The van der Waals surface area contributed by atoms with Crippen LogP contribution in [-0.2, 0) is 14.9 Å². The second-order valence-electron chi connectivity index (χ2n) is 6.68. The lowest BCUT2D eigenvalue weighted by atomic mass is 10.2. The van der Waals surface area contributed by atoms with Crippen molar-refractivity contribution in [1.82, 2.24) is 18.6 Å². The maximum absolute atomic E-state index is 12.9. The molecule has 10 nitrogen and oxygen atoms in total. The zero-order valence-corrected chi connectivity index (χ0v) is 16.3. The highest BCUT2D eigenvalue weighted by Crippen LogP contribution is 2.20.